The van der Waals surface area contributed by atoms with Crippen molar-refractivity contribution in [2.24, 2.45) is 0 Å². The van der Waals surface area contributed by atoms with Gasteiger partial charge in [-0.05, 0) is 63.4 Å². The lowest BCUT2D eigenvalue weighted by atomic mass is 10.1. The van der Waals surface area contributed by atoms with Crippen LogP contribution in [-0.4, -0.2) is 61.9 Å². The Bertz CT molecular complexity index is 1180. The Labute approximate surface area is 198 Å². The van der Waals surface area contributed by atoms with Gasteiger partial charge in [0.2, 0.25) is 10.0 Å². The number of aromatic amines is 1. The number of amides is 1. The molecule has 0 spiro atoms. The summed E-state index contributed by atoms with van der Waals surface area (Å²) in [7, 11) is -2.32. The van der Waals surface area contributed by atoms with Gasteiger partial charge < -0.3 is 19.8 Å². The van der Waals surface area contributed by atoms with Crippen molar-refractivity contribution in [2.75, 3.05) is 25.5 Å². The Balaban J connectivity index is 1.63. The van der Waals surface area contributed by atoms with Gasteiger partial charge in [0.05, 0.1) is 17.6 Å². The van der Waals surface area contributed by atoms with Crippen LogP contribution in [0.3, 0.4) is 0 Å². The summed E-state index contributed by atoms with van der Waals surface area (Å²) in [5.74, 6) is -1.96. The first-order valence-electron chi connectivity index (χ1n) is 11.0. The molecule has 2 N–H and O–H groups in total. The Morgan fingerprint density at radius 3 is 2.24 bits per heavy atom. The van der Waals surface area contributed by atoms with Crippen molar-refractivity contribution in [3.63, 3.8) is 0 Å². The van der Waals surface area contributed by atoms with E-state index in [0.717, 1.165) is 19.3 Å². The number of methoxy groups -OCH3 is 1. The number of anilines is 1. The third kappa shape index (κ3) is 5.31. The van der Waals surface area contributed by atoms with Crippen LogP contribution in [0.4, 0.5) is 5.69 Å². The van der Waals surface area contributed by atoms with Crippen molar-refractivity contribution in [1.29, 1.82) is 0 Å². The minimum absolute atomic E-state index is 0.0600. The van der Waals surface area contributed by atoms with E-state index in [1.54, 1.807) is 13.8 Å². The van der Waals surface area contributed by atoms with Gasteiger partial charge >= 0.3 is 11.9 Å². The van der Waals surface area contributed by atoms with Crippen LogP contribution in [0.15, 0.2) is 29.2 Å². The number of H-pyrrole nitrogens is 1. The van der Waals surface area contributed by atoms with Crippen LogP contribution in [0.1, 0.15) is 58.3 Å². The maximum atomic E-state index is 12.7. The molecule has 1 atom stereocenters. The average Bonchev–Trinajstić information content (AvgIpc) is 3.13. The molecule has 1 aliphatic heterocycles. The lowest BCUT2D eigenvalue weighted by molar-refractivity contribution is -0.123. The minimum Gasteiger partial charge on any atom is -0.465 e. The van der Waals surface area contributed by atoms with Crippen molar-refractivity contribution in [1.82, 2.24) is 9.29 Å². The molecule has 1 aromatic carbocycles. The first-order valence-corrected chi connectivity index (χ1v) is 12.4. The number of nitrogens with zero attached hydrogens (tertiary/aromatic N) is 1. The molecular formula is C23H29N3O7S. The van der Waals surface area contributed by atoms with Crippen LogP contribution >= 0.6 is 0 Å². The van der Waals surface area contributed by atoms with Gasteiger partial charge in [-0.25, -0.2) is 18.0 Å². The van der Waals surface area contributed by atoms with E-state index in [1.807, 2.05) is 0 Å². The molecule has 1 fully saturated rings. The molecule has 0 bridgehead atoms. The molecule has 2 heterocycles. The van der Waals surface area contributed by atoms with Crippen LogP contribution in [0, 0.1) is 13.8 Å². The number of piperidine rings is 1. The van der Waals surface area contributed by atoms with Crippen molar-refractivity contribution >= 4 is 33.6 Å². The predicted octanol–water partition coefficient (Wildman–Crippen LogP) is 2.78. The molecule has 1 aromatic heterocycles. The molecule has 1 aliphatic rings. The van der Waals surface area contributed by atoms with Gasteiger partial charge in [-0.1, -0.05) is 6.42 Å². The third-order valence-electron chi connectivity index (χ3n) is 5.76. The number of carbonyl (C=O) groups is 3. The molecule has 2 aromatic rings. The zero-order chi connectivity index (χ0) is 25.0. The fourth-order valence-electron chi connectivity index (χ4n) is 3.84. The summed E-state index contributed by atoms with van der Waals surface area (Å²) in [6.45, 7) is 5.63. The number of nitrogens with one attached hydrogen (secondary N) is 2. The molecule has 0 saturated carbocycles. The number of carbonyl (C=O) groups excluding carboxylic acids is 3. The highest BCUT2D eigenvalue weighted by atomic mass is 32.2. The highest BCUT2D eigenvalue weighted by Gasteiger charge is 2.27. The number of aromatic nitrogens is 1. The molecule has 1 amide bonds. The standard InChI is InChI=1S/C23H29N3O7S/c1-14-19(22(28)32-4)15(2)24-20(14)23(29)33-16(3)21(27)25-17-8-10-18(11-9-17)34(30,31)26-12-6-5-7-13-26/h8-11,16,24H,5-7,12-13H2,1-4H3,(H,25,27)/t16-/m0/s1. The normalized spacial score (nSPS) is 15.4. The Morgan fingerprint density at radius 2 is 1.65 bits per heavy atom. The number of hydrogen-bond donors (Lipinski definition) is 2. The zero-order valence-electron chi connectivity index (χ0n) is 19.6. The van der Waals surface area contributed by atoms with E-state index in [1.165, 1.54) is 42.6 Å². The highest BCUT2D eigenvalue weighted by molar-refractivity contribution is 7.89. The van der Waals surface area contributed by atoms with Gasteiger partial charge in [0, 0.05) is 24.5 Å². The van der Waals surface area contributed by atoms with Gasteiger partial charge in [0.1, 0.15) is 5.69 Å². The van der Waals surface area contributed by atoms with Gasteiger partial charge in [-0.3, -0.25) is 4.79 Å². The second-order valence-corrected chi connectivity index (χ2v) is 10.1. The van der Waals surface area contributed by atoms with E-state index in [2.05, 4.69) is 10.3 Å². The van der Waals surface area contributed by atoms with Gasteiger partial charge in [-0.2, -0.15) is 4.31 Å². The monoisotopic (exact) mass is 491 g/mol. The number of esters is 2. The molecule has 0 radical (unpaired) electrons. The average molecular weight is 492 g/mol. The fourth-order valence-corrected chi connectivity index (χ4v) is 5.36. The summed E-state index contributed by atoms with van der Waals surface area (Å²) in [5.41, 5.74) is 1.49. The quantitative estimate of drug-likeness (QED) is 0.569. The Kier molecular flexibility index (Phi) is 7.78. The largest absolute Gasteiger partial charge is 0.465 e. The van der Waals surface area contributed by atoms with E-state index < -0.39 is 34.0 Å². The second kappa shape index (κ2) is 10.4. The lowest BCUT2D eigenvalue weighted by Gasteiger charge is -2.25. The summed E-state index contributed by atoms with van der Waals surface area (Å²) < 4.78 is 36.9. The van der Waals surface area contributed by atoms with Crippen molar-refractivity contribution in [2.45, 2.75) is 51.0 Å². The number of rotatable bonds is 7. The second-order valence-electron chi connectivity index (χ2n) is 8.14. The molecule has 0 aliphatic carbocycles. The van der Waals surface area contributed by atoms with E-state index >= 15 is 0 Å². The van der Waals surface area contributed by atoms with Crippen LogP contribution in [0.25, 0.3) is 0 Å². The first-order chi connectivity index (χ1) is 16.1. The zero-order valence-corrected chi connectivity index (χ0v) is 20.5. The van der Waals surface area contributed by atoms with Crippen molar-refractivity contribution < 1.29 is 32.3 Å². The van der Waals surface area contributed by atoms with Crippen LogP contribution in [0.2, 0.25) is 0 Å². The molecular weight excluding hydrogens is 462 g/mol. The SMILES string of the molecule is COC(=O)c1c(C)[nH]c(C(=O)O[C@@H](C)C(=O)Nc2ccc(S(=O)(=O)N3CCCCC3)cc2)c1C. The third-order valence-corrected chi connectivity index (χ3v) is 7.67. The molecule has 184 valence electrons. The van der Waals surface area contributed by atoms with Crippen LogP contribution < -0.4 is 5.32 Å². The molecule has 3 rings (SSSR count). The van der Waals surface area contributed by atoms with E-state index in [9.17, 15) is 22.8 Å². The van der Waals surface area contributed by atoms with E-state index in [-0.39, 0.29) is 16.2 Å². The van der Waals surface area contributed by atoms with Gasteiger partial charge in [0.15, 0.2) is 6.10 Å². The van der Waals surface area contributed by atoms with Crippen molar-refractivity contribution in [3.05, 3.63) is 46.8 Å². The molecule has 11 heteroatoms. The summed E-state index contributed by atoms with van der Waals surface area (Å²) in [5, 5.41) is 2.61. The Morgan fingerprint density at radius 1 is 1.03 bits per heavy atom. The number of ether oxygens (including phenoxy) is 2. The molecule has 1 saturated heterocycles. The number of hydrogen-bond acceptors (Lipinski definition) is 7. The lowest BCUT2D eigenvalue weighted by Crippen LogP contribution is -2.35. The topological polar surface area (TPSA) is 135 Å². The van der Waals surface area contributed by atoms with Gasteiger partial charge in [0.25, 0.3) is 5.91 Å². The number of benzene rings is 1. The van der Waals surface area contributed by atoms with Gasteiger partial charge in [-0.15, -0.1) is 0 Å². The molecule has 0 unspecified atom stereocenters. The molecule has 34 heavy (non-hydrogen) atoms. The predicted molar refractivity (Wildman–Crippen MR) is 124 cm³/mol. The summed E-state index contributed by atoms with van der Waals surface area (Å²) in [4.78, 5) is 39.9. The number of aryl methyl sites for hydroxylation is 1. The summed E-state index contributed by atoms with van der Waals surface area (Å²) in [6.07, 6.45) is 1.56. The smallest absolute Gasteiger partial charge is 0.355 e. The Hall–Kier alpha value is -3.18. The summed E-state index contributed by atoms with van der Waals surface area (Å²) in [6, 6.07) is 5.86. The highest BCUT2D eigenvalue weighted by Crippen LogP contribution is 2.23. The minimum atomic E-state index is -3.57. The fraction of sp³-hybridized carbons (Fsp3) is 0.435. The number of sulfonamides is 1. The van der Waals surface area contributed by atoms with Crippen molar-refractivity contribution in [3.8, 4) is 0 Å². The summed E-state index contributed by atoms with van der Waals surface area (Å²) >= 11 is 0. The van der Waals surface area contributed by atoms with Crippen LogP contribution in [-0.2, 0) is 24.3 Å². The van der Waals surface area contributed by atoms with E-state index in [4.69, 9.17) is 9.47 Å². The van der Waals surface area contributed by atoms with E-state index in [0.29, 0.717) is 30.0 Å². The maximum absolute atomic E-state index is 12.7. The molecule has 10 nitrogen and oxygen atoms in total. The first kappa shape index (κ1) is 25.4. The maximum Gasteiger partial charge on any atom is 0.355 e. The van der Waals surface area contributed by atoms with Crippen LogP contribution in [0.5, 0.6) is 0 Å².